The number of halogens is 2. The second kappa shape index (κ2) is 7.80. The van der Waals surface area contributed by atoms with Crippen molar-refractivity contribution < 1.29 is 9.53 Å². The van der Waals surface area contributed by atoms with Gasteiger partial charge in [0, 0.05) is 24.1 Å². The number of nitrogens with zero attached hydrogens (tertiary/aromatic N) is 3. The molecule has 0 atom stereocenters. The number of aromatic nitrogens is 2. The Hall–Kier alpha value is -1.60. The molecule has 1 saturated heterocycles. The third-order valence-corrected chi connectivity index (χ3v) is 5.89. The van der Waals surface area contributed by atoms with Gasteiger partial charge >= 0.3 is 6.09 Å². The highest BCUT2D eigenvalue weighted by Gasteiger charge is 2.27. The maximum absolute atomic E-state index is 12.8. The van der Waals surface area contributed by atoms with Crippen LogP contribution >= 0.6 is 27.5 Å². The SMILES string of the molecule is CC(C)(C)OC(=O)N1CCC(Cn2cnc3ccc(Br)c(Cl)c3c2=O)CC1. The lowest BCUT2D eigenvalue weighted by molar-refractivity contribution is 0.0178. The van der Waals surface area contributed by atoms with Crippen LogP contribution in [0.1, 0.15) is 33.6 Å². The van der Waals surface area contributed by atoms with E-state index in [1.54, 1.807) is 27.9 Å². The summed E-state index contributed by atoms with van der Waals surface area (Å²) in [6.07, 6.45) is 2.93. The fourth-order valence-corrected chi connectivity index (χ4v) is 3.78. The van der Waals surface area contributed by atoms with Crippen molar-refractivity contribution in [2.75, 3.05) is 13.1 Å². The lowest BCUT2D eigenvalue weighted by Gasteiger charge is -2.33. The molecule has 2 aromatic rings. The zero-order valence-electron chi connectivity index (χ0n) is 15.7. The van der Waals surface area contributed by atoms with Crippen molar-refractivity contribution in [3.8, 4) is 0 Å². The van der Waals surface area contributed by atoms with Crippen LogP contribution in [0.2, 0.25) is 5.02 Å². The molecule has 1 aliphatic heterocycles. The van der Waals surface area contributed by atoms with E-state index >= 15 is 0 Å². The van der Waals surface area contributed by atoms with E-state index in [2.05, 4.69) is 20.9 Å². The van der Waals surface area contributed by atoms with E-state index in [1.165, 1.54) is 0 Å². The Bertz CT molecular complexity index is 915. The highest BCUT2D eigenvalue weighted by Crippen LogP contribution is 2.28. The van der Waals surface area contributed by atoms with Crippen molar-refractivity contribution in [3.05, 3.63) is 38.3 Å². The summed E-state index contributed by atoms with van der Waals surface area (Å²) in [5.41, 5.74) is -0.0454. The number of piperidine rings is 1. The van der Waals surface area contributed by atoms with Crippen LogP contribution in [0.25, 0.3) is 10.9 Å². The van der Waals surface area contributed by atoms with Gasteiger partial charge in [0.25, 0.3) is 5.56 Å². The second-order valence-corrected chi connectivity index (χ2v) is 9.10. The van der Waals surface area contributed by atoms with E-state index in [0.717, 1.165) is 12.8 Å². The predicted molar refractivity (Wildman–Crippen MR) is 109 cm³/mol. The van der Waals surface area contributed by atoms with Gasteiger partial charge in [-0.15, -0.1) is 0 Å². The Kier molecular flexibility index (Phi) is 5.82. The van der Waals surface area contributed by atoms with Crippen LogP contribution in [0.3, 0.4) is 0 Å². The fourth-order valence-electron chi connectivity index (χ4n) is 3.21. The minimum atomic E-state index is -0.494. The van der Waals surface area contributed by atoms with Gasteiger partial charge in [-0.25, -0.2) is 9.78 Å². The maximum atomic E-state index is 12.8. The summed E-state index contributed by atoms with van der Waals surface area (Å²) in [5, 5.41) is 0.818. The number of carbonyl (C=O) groups is 1. The molecule has 0 N–H and O–H groups in total. The first-order valence-electron chi connectivity index (χ1n) is 8.97. The summed E-state index contributed by atoms with van der Waals surface area (Å²) in [5.74, 6) is 0.298. The van der Waals surface area contributed by atoms with Crippen molar-refractivity contribution in [3.63, 3.8) is 0 Å². The van der Waals surface area contributed by atoms with Gasteiger partial charge in [0.05, 0.1) is 22.3 Å². The third kappa shape index (κ3) is 4.63. The summed E-state index contributed by atoms with van der Waals surface area (Å²) < 4.78 is 7.72. The van der Waals surface area contributed by atoms with Gasteiger partial charge in [-0.2, -0.15) is 0 Å². The van der Waals surface area contributed by atoms with Crippen molar-refractivity contribution in [2.45, 2.75) is 45.8 Å². The third-order valence-electron chi connectivity index (χ3n) is 4.60. The molecule has 1 amide bonds. The van der Waals surface area contributed by atoms with E-state index in [1.807, 2.05) is 20.8 Å². The van der Waals surface area contributed by atoms with E-state index in [9.17, 15) is 9.59 Å². The molecule has 0 bridgehead atoms. The molecule has 1 aliphatic rings. The number of rotatable bonds is 2. The molecule has 1 aromatic carbocycles. The number of amides is 1. The summed E-state index contributed by atoms with van der Waals surface area (Å²) in [6, 6.07) is 3.56. The summed E-state index contributed by atoms with van der Waals surface area (Å²) in [4.78, 5) is 31.1. The molecule has 1 fully saturated rings. The Morgan fingerprint density at radius 2 is 2.00 bits per heavy atom. The monoisotopic (exact) mass is 455 g/mol. The molecular formula is C19H23BrClN3O3. The number of hydrogen-bond donors (Lipinski definition) is 0. The van der Waals surface area contributed by atoms with Crippen molar-refractivity contribution in [1.29, 1.82) is 0 Å². The zero-order chi connectivity index (χ0) is 19.8. The Balaban J connectivity index is 1.69. The van der Waals surface area contributed by atoms with Gasteiger partial charge in [0.15, 0.2) is 0 Å². The molecule has 0 spiro atoms. The first kappa shape index (κ1) is 20.1. The molecule has 0 aliphatic carbocycles. The highest BCUT2D eigenvalue weighted by molar-refractivity contribution is 9.10. The number of fused-ring (bicyclic) bond motifs is 1. The van der Waals surface area contributed by atoms with Crippen LogP contribution in [-0.4, -0.2) is 39.2 Å². The minimum Gasteiger partial charge on any atom is -0.444 e. The van der Waals surface area contributed by atoms with Gasteiger partial charge in [-0.1, -0.05) is 11.6 Å². The van der Waals surface area contributed by atoms with Crippen LogP contribution in [0.15, 0.2) is 27.7 Å². The van der Waals surface area contributed by atoms with Crippen molar-refractivity contribution in [2.24, 2.45) is 5.92 Å². The molecule has 8 heteroatoms. The molecule has 0 saturated carbocycles. The Labute approximate surface area is 171 Å². The Morgan fingerprint density at radius 3 is 2.63 bits per heavy atom. The molecule has 2 heterocycles. The Morgan fingerprint density at radius 1 is 1.33 bits per heavy atom. The topological polar surface area (TPSA) is 64.4 Å². The van der Waals surface area contributed by atoms with Crippen LogP contribution < -0.4 is 5.56 Å². The van der Waals surface area contributed by atoms with Gasteiger partial charge in [-0.3, -0.25) is 9.36 Å². The number of ether oxygens (including phenoxy) is 1. The molecule has 1 aromatic heterocycles. The van der Waals surface area contributed by atoms with Gasteiger partial charge in [0.2, 0.25) is 0 Å². The van der Waals surface area contributed by atoms with Gasteiger partial charge in [-0.05, 0) is 67.6 Å². The van der Waals surface area contributed by atoms with E-state index in [4.69, 9.17) is 16.3 Å². The molecule has 3 rings (SSSR count). The van der Waals surface area contributed by atoms with Crippen LogP contribution in [0.5, 0.6) is 0 Å². The zero-order valence-corrected chi connectivity index (χ0v) is 18.0. The summed E-state index contributed by atoms with van der Waals surface area (Å²) in [7, 11) is 0. The molecule has 0 unspecified atom stereocenters. The smallest absolute Gasteiger partial charge is 0.410 e. The van der Waals surface area contributed by atoms with E-state index in [0.29, 0.717) is 46.0 Å². The molecule has 146 valence electrons. The van der Waals surface area contributed by atoms with Gasteiger partial charge in [0.1, 0.15) is 5.60 Å². The normalized spacial score (nSPS) is 16.0. The quantitative estimate of drug-likeness (QED) is 0.669. The molecule has 27 heavy (non-hydrogen) atoms. The van der Waals surface area contributed by atoms with Crippen molar-refractivity contribution >= 4 is 44.5 Å². The van der Waals surface area contributed by atoms with Crippen molar-refractivity contribution in [1.82, 2.24) is 14.5 Å². The largest absolute Gasteiger partial charge is 0.444 e. The molecule has 0 radical (unpaired) electrons. The van der Waals surface area contributed by atoms with Crippen LogP contribution in [0.4, 0.5) is 4.79 Å². The molecule has 6 nitrogen and oxygen atoms in total. The number of carbonyl (C=O) groups excluding carboxylic acids is 1. The lowest BCUT2D eigenvalue weighted by Crippen LogP contribution is -2.42. The summed E-state index contributed by atoms with van der Waals surface area (Å²) in [6.45, 7) is 7.40. The van der Waals surface area contributed by atoms with Crippen LogP contribution in [-0.2, 0) is 11.3 Å². The minimum absolute atomic E-state index is 0.138. The maximum Gasteiger partial charge on any atom is 0.410 e. The van der Waals surface area contributed by atoms with Gasteiger partial charge < -0.3 is 9.64 Å². The average molecular weight is 457 g/mol. The van der Waals surface area contributed by atoms with Crippen LogP contribution in [0, 0.1) is 5.92 Å². The average Bonchev–Trinajstić information content (AvgIpc) is 2.59. The number of hydrogen-bond acceptors (Lipinski definition) is 4. The summed E-state index contributed by atoms with van der Waals surface area (Å²) >= 11 is 9.65. The standard InChI is InChI=1S/C19H23BrClN3O3/c1-19(2,3)27-18(26)23-8-6-12(7-9-23)10-24-11-22-14-5-4-13(20)16(21)15(14)17(24)25/h4-5,11-12H,6-10H2,1-3H3. The second-order valence-electron chi connectivity index (χ2n) is 7.87. The first-order valence-corrected chi connectivity index (χ1v) is 10.1. The van der Waals surface area contributed by atoms with E-state index in [-0.39, 0.29) is 11.7 Å². The highest BCUT2D eigenvalue weighted by atomic mass is 79.9. The number of benzene rings is 1. The fraction of sp³-hybridized carbons (Fsp3) is 0.526. The predicted octanol–water partition coefficient (Wildman–Crippen LogP) is 4.46. The lowest BCUT2D eigenvalue weighted by atomic mass is 9.97. The first-order chi connectivity index (χ1) is 12.7. The van der Waals surface area contributed by atoms with E-state index < -0.39 is 5.60 Å². The molecular weight excluding hydrogens is 434 g/mol. The number of likely N-dealkylation sites (tertiary alicyclic amines) is 1.